The molecule has 0 amide bonds. The predicted molar refractivity (Wildman–Crippen MR) is 327 cm³/mol. The number of ether oxygens (including phenoxy) is 1. The molecule has 0 aliphatic heterocycles. The van der Waals surface area contributed by atoms with Crippen molar-refractivity contribution in [2.45, 2.75) is 185 Å². The van der Waals surface area contributed by atoms with Crippen LogP contribution in [0.5, 0.6) is 0 Å². The Kier molecular flexibility index (Phi) is 50.2. The monoisotopic (exact) mass is 1300 g/mol. The summed E-state index contributed by atoms with van der Waals surface area (Å²) >= 11 is 0. The van der Waals surface area contributed by atoms with Gasteiger partial charge in [-0.3, -0.25) is 4.79 Å². The van der Waals surface area contributed by atoms with Crippen molar-refractivity contribution in [3.8, 4) is 0 Å². The first kappa shape index (κ1) is 76.4. The molecule has 0 aromatic heterocycles. The summed E-state index contributed by atoms with van der Waals surface area (Å²) in [6.45, 7) is 60.3. The molecule has 0 spiro atoms. The normalized spacial score (nSPS) is 14.4. The summed E-state index contributed by atoms with van der Waals surface area (Å²) in [5.41, 5.74) is 1.94. The number of hydrogen-bond donors (Lipinski definition) is 0. The molecule has 8 nitrogen and oxygen atoms in total. The van der Waals surface area contributed by atoms with Gasteiger partial charge < -0.3 is 29.7 Å². The summed E-state index contributed by atoms with van der Waals surface area (Å²) in [7, 11) is -10.6. The molecule has 0 saturated heterocycles. The smallest absolute Gasteiger partial charge is 0.308 e. The Labute approximate surface area is 447 Å². The van der Waals surface area contributed by atoms with Crippen LogP contribution in [0.25, 0.3) is 0 Å². The second-order valence-corrected chi connectivity index (χ2v) is 57.9. The van der Waals surface area contributed by atoms with E-state index in [1.54, 1.807) is 7.11 Å². The molecule has 0 fully saturated rings. The first-order chi connectivity index (χ1) is 30.5. The molecule has 0 aromatic carbocycles. The van der Waals surface area contributed by atoms with Crippen LogP contribution >= 0.6 is 0 Å². The fourth-order valence-corrected chi connectivity index (χ4v) is 39.1. The average Bonchev–Trinajstić information content (AvgIpc) is 3.18. The number of hydrogen-bond acceptors (Lipinski definition) is 8. The maximum absolute atomic E-state index is 12.2. The first-order valence-electron chi connectivity index (χ1n) is 24.8. The van der Waals surface area contributed by atoms with Gasteiger partial charge in [-0.25, -0.2) is 0 Å². The molecule has 0 rings (SSSR count). The van der Waals surface area contributed by atoms with Crippen LogP contribution in [-0.4, -0.2) is 117 Å². The van der Waals surface area contributed by atoms with E-state index in [1.807, 2.05) is 49.1 Å². The maximum atomic E-state index is 12.2. The third kappa shape index (κ3) is 52.6. The largest absolute Gasteiger partial charge is 0.465 e. The number of carbonyl (C=O) groups is 1. The second-order valence-electron chi connectivity index (χ2n) is 20.9. The number of allylic oxidation sites excluding steroid dienone is 6. The molecule has 0 aliphatic carbocycles. The van der Waals surface area contributed by atoms with Gasteiger partial charge in [-0.1, -0.05) is 68.8 Å². The van der Waals surface area contributed by atoms with E-state index in [1.165, 1.54) is 31.0 Å². The third-order valence-corrected chi connectivity index (χ3v) is 42.4. The molecule has 0 bridgehead atoms. The first-order valence-corrected chi connectivity index (χ1v) is 52.7. The third-order valence-electron chi connectivity index (χ3n) is 10.2. The Balaban J connectivity index is -0.000000269. The molecular formula is C47H108O8PtSi11. The van der Waals surface area contributed by atoms with Crippen LogP contribution in [0.2, 0.25) is 152 Å². The standard InChI is InChI=1S/C17H36O4Si3.C14H36O2Si4.C10H22OSi2.C6H14OSi2.Pt/c1-9-13-22(5)21-24(8,10-2)15-16(3)17(18)20-12-11-14-23(6,7)19-4;1-8-11-17-15-18(12-9-2)13-10-14-20(6,7)16-19(3,4)5;1-7-9-12(3,4)11-13(5,6)10-8-2;1-3-5-8-7-9-6-4-2;/h9-10,16,22H,1-2,11-15H2,3-8H3;8,18H,1,9-14,17H2,2-7H3;7-8H,1-2,9-10H2,3-6H3;3-4H,1-2,5-6,8-9H2;. The van der Waals surface area contributed by atoms with E-state index >= 15 is 0 Å². The summed E-state index contributed by atoms with van der Waals surface area (Å²) < 4.78 is 41.6. The Hall–Kier alpha value is 0.484. The Morgan fingerprint density at radius 1 is 0.657 bits per heavy atom. The summed E-state index contributed by atoms with van der Waals surface area (Å²) in [5.74, 6) is -0.286. The van der Waals surface area contributed by atoms with Gasteiger partial charge in [0.15, 0.2) is 59.7 Å². The molecule has 20 heteroatoms. The van der Waals surface area contributed by atoms with Gasteiger partial charge in [0, 0.05) is 28.2 Å². The van der Waals surface area contributed by atoms with Crippen LogP contribution in [-0.2, 0) is 55.6 Å². The van der Waals surface area contributed by atoms with Crippen molar-refractivity contribution in [3.05, 3.63) is 88.2 Å². The summed E-state index contributed by atoms with van der Waals surface area (Å²) in [4.78, 5) is 12.2. The van der Waals surface area contributed by atoms with E-state index in [-0.39, 0.29) is 62.2 Å². The zero-order valence-corrected chi connectivity index (χ0v) is 61.4. The predicted octanol–water partition coefficient (Wildman–Crippen LogP) is 12.7. The zero-order valence-electron chi connectivity index (χ0n) is 46.5. The summed E-state index contributed by atoms with van der Waals surface area (Å²) in [6, 6.07) is 12.1. The van der Waals surface area contributed by atoms with E-state index < -0.39 is 68.0 Å². The van der Waals surface area contributed by atoms with E-state index in [4.69, 9.17) is 29.7 Å². The number of esters is 1. The fraction of sp³-hybridized carbons (Fsp3) is 0.681. The Bertz CT molecular complexity index is 1290. The molecule has 0 aromatic rings. The molecule has 4 atom stereocenters. The SMILES string of the molecule is C=CC[SiH2]O[SiH2]CC=C.C=CC[SiH2]O[SiH](CCC)CCC[Si](C)(C)O[Si](C)(C)C.C=CC[SiH](C)O[Si](C)(C=C)CC(C)C(=O)OCCC[Si](C)(C)OC.C=CC[Si](C)(C)O[Si](C)(C)CC=C.[Pt]. The van der Waals surface area contributed by atoms with E-state index in [0.29, 0.717) is 6.61 Å². The minimum atomic E-state index is -2.07. The Morgan fingerprint density at radius 2 is 1.15 bits per heavy atom. The molecular weight excluding hydrogens is 1200 g/mol. The topological polar surface area (TPSA) is 81.7 Å². The number of carbonyl (C=O) groups excluding carboxylic acids is 1. The summed E-state index contributed by atoms with van der Waals surface area (Å²) in [6.07, 6.45) is 15.2. The number of rotatable bonds is 37. The van der Waals surface area contributed by atoms with Gasteiger partial charge in [-0.2, -0.15) is 0 Å². The minimum Gasteiger partial charge on any atom is -0.465 e. The molecule has 0 heterocycles. The van der Waals surface area contributed by atoms with Gasteiger partial charge in [-0.05, 0) is 158 Å². The molecule has 0 N–H and O–H groups in total. The average molecular weight is 1310 g/mol. The van der Waals surface area contributed by atoms with Crippen molar-refractivity contribution in [1.29, 1.82) is 0 Å². The van der Waals surface area contributed by atoms with Gasteiger partial charge >= 0.3 is 5.97 Å². The zero-order chi connectivity index (χ0) is 51.9. The summed E-state index contributed by atoms with van der Waals surface area (Å²) in [5, 5.41) is 0. The fourth-order valence-electron chi connectivity index (χ4n) is 7.08. The Morgan fingerprint density at radius 3 is 1.57 bits per heavy atom. The molecule has 0 saturated carbocycles. The van der Waals surface area contributed by atoms with Gasteiger partial charge in [0.1, 0.15) is 29.3 Å². The van der Waals surface area contributed by atoms with Crippen molar-refractivity contribution < 1.29 is 55.6 Å². The molecule has 0 radical (unpaired) electrons. The van der Waals surface area contributed by atoms with E-state index in [9.17, 15) is 4.79 Å². The van der Waals surface area contributed by atoms with Gasteiger partial charge in [0.05, 0.1) is 12.5 Å². The molecule has 398 valence electrons. The van der Waals surface area contributed by atoms with Crippen LogP contribution in [0.1, 0.15) is 33.1 Å². The van der Waals surface area contributed by atoms with Crippen molar-refractivity contribution in [2.75, 3.05) is 13.7 Å². The van der Waals surface area contributed by atoms with Crippen LogP contribution in [0.3, 0.4) is 0 Å². The second kappa shape index (κ2) is 44.0. The van der Waals surface area contributed by atoms with Crippen LogP contribution < -0.4 is 0 Å². The van der Waals surface area contributed by atoms with Crippen molar-refractivity contribution >= 4 is 103 Å². The quantitative estimate of drug-likeness (QED) is 0.0263. The van der Waals surface area contributed by atoms with E-state index in [0.717, 1.165) is 54.8 Å². The van der Waals surface area contributed by atoms with Crippen LogP contribution in [0.4, 0.5) is 0 Å². The van der Waals surface area contributed by atoms with Gasteiger partial charge in [0.2, 0.25) is 8.32 Å². The van der Waals surface area contributed by atoms with Crippen LogP contribution in [0, 0.1) is 5.92 Å². The molecule has 4 unspecified atom stereocenters. The molecule has 67 heavy (non-hydrogen) atoms. The van der Waals surface area contributed by atoms with Crippen LogP contribution in [0.15, 0.2) is 88.2 Å². The minimum absolute atomic E-state index is 0. The maximum Gasteiger partial charge on any atom is 0.308 e. The van der Waals surface area contributed by atoms with Crippen molar-refractivity contribution in [1.82, 2.24) is 0 Å². The van der Waals surface area contributed by atoms with E-state index in [2.05, 4.69) is 138 Å². The molecule has 0 aliphatic rings. The van der Waals surface area contributed by atoms with Gasteiger partial charge in [0.25, 0.3) is 0 Å². The van der Waals surface area contributed by atoms with Crippen molar-refractivity contribution in [3.63, 3.8) is 0 Å². The van der Waals surface area contributed by atoms with Crippen molar-refractivity contribution in [2.24, 2.45) is 5.92 Å². The van der Waals surface area contributed by atoms with Gasteiger partial charge in [-0.15, -0.1) is 46.1 Å².